The average molecular weight is 510 g/mol. The van der Waals surface area contributed by atoms with Crippen LogP contribution in [-0.4, -0.2) is 26.6 Å². The van der Waals surface area contributed by atoms with Crippen molar-refractivity contribution in [1.82, 2.24) is 4.57 Å². The summed E-state index contributed by atoms with van der Waals surface area (Å²) in [5.41, 5.74) is 2.59. The Kier molecular flexibility index (Phi) is 6.74. The van der Waals surface area contributed by atoms with Gasteiger partial charge in [0.1, 0.15) is 0 Å². The summed E-state index contributed by atoms with van der Waals surface area (Å²) in [5, 5.41) is 15.4. The van der Waals surface area contributed by atoms with Gasteiger partial charge in [0.15, 0.2) is 0 Å². The number of nitrogens with one attached hydrogen (secondary N) is 1. The first kappa shape index (κ1) is 24.3. The predicted molar refractivity (Wildman–Crippen MR) is 147 cm³/mol. The number of benzene rings is 4. The summed E-state index contributed by atoms with van der Waals surface area (Å²) in [6.45, 7) is 1.99. The van der Waals surface area contributed by atoms with E-state index in [1.807, 2.05) is 78.2 Å². The van der Waals surface area contributed by atoms with Crippen LogP contribution < -0.4 is 5.32 Å². The summed E-state index contributed by atoms with van der Waals surface area (Å²) in [7, 11) is 0. The molecule has 1 amide bonds. The minimum atomic E-state index is -0.507. The van der Waals surface area contributed by atoms with E-state index in [1.54, 1.807) is 6.07 Å². The number of anilines is 1. The Bertz CT molecular complexity index is 1590. The molecule has 0 radical (unpaired) electrons. The van der Waals surface area contributed by atoms with Crippen LogP contribution in [0.3, 0.4) is 0 Å². The first-order valence-corrected chi connectivity index (χ1v) is 12.7. The summed E-state index contributed by atoms with van der Waals surface area (Å²) < 4.78 is 1.81. The summed E-state index contributed by atoms with van der Waals surface area (Å²) in [6.07, 6.45) is 0.629. The van der Waals surface area contributed by atoms with E-state index in [4.69, 9.17) is 0 Å². The lowest BCUT2D eigenvalue weighted by Gasteiger charge is -2.16. The third-order valence-corrected chi connectivity index (χ3v) is 7.50. The second-order valence-corrected chi connectivity index (χ2v) is 9.78. The molecule has 1 unspecified atom stereocenters. The molecule has 0 bridgehead atoms. The number of carbonyl (C=O) groups is 2. The maximum absolute atomic E-state index is 13.8. The van der Waals surface area contributed by atoms with Crippen molar-refractivity contribution in [2.75, 3.05) is 5.32 Å². The zero-order chi connectivity index (χ0) is 25.9. The number of non-ortho nitro benzene ring substituents is 1. The summed E-state index contributed by atoms with van der Waals surface area (Å²) in [6, 6.07) is 28.6. The van der Waals surface area contributed by atoms with E-state index in [9.17, 15) is 19.7 Å². The molecule has 8 heteroatoms. The number of rotatable bonds is 7. The Morgan fingerprint density at radius 2 is 1.51 bits per heavy atom. The van der Waals surface area contributed by atoms with Crippen LogP contribution in [0.15, 0.2) is 102 Å². The van der Waals surface area contributed by atoms with Gasteiger partial charge in [-0.3, -0.25) is 24.3 Å². The Morgan fingerprint density at radius 1 is 0.892 bits per heavy atom. The first-order valence-electron chi connectivity index (χ1n) is 11.8. The van der Waals surface area contributed by atoms with E-state index in [2.05, 4.69) is 5.32 Å². The van der Waals surface area contributed by atoms with E-state index in [1.165, 1.54) is 36.0 Å². The molecule has 184 valence electrons. The monoisotopic (exact) mass is 509 g/mol. The topological polar surface area (TPSA) is 94.2 Å². The van der Waals surface area contributed by atoms with Gasteiger partial charge in [-0.1, -0.05) is 49.4 Å². The molecule has 1 atom stereocenters. The van der Waals surface area contributed by atoms with Gasteiger partial charge in [0.25, 0.3) is 11.6 Å². The number of nitro benzene ring substituents is 1. The molecule has 1 aromatic heterocycles. The number of hydrogen-bond acceptors (Lipinski definition) is 5. The largest absolute Gasteiger partial charge is 0.322 e. The van der Waals surface area contributed by atoms with Crippen molar-refractivity contribution in [3.8, 4) is 0 Å². The molecule has 0 aliphatic rings. The molecule has 5 rings (SSSR count). The highest BCUT2D eigenvalue weighted by atomic mass is 32.2. The van der Waals surface area contributed by atoms with Gasteiger partial charge in [-0.2, -0.15) is 0 Å². The average Bonchev–Trinajstić information content (AvgIpc) is 3.26. The second-order valence-electron chi connectivity index (χ2n) is 8.51. The first-order chi connectivity index (χ1) is 18.0. The standard InChI is InChI=1S/C29H23N3O4S/c1-2-27(29(34)31-25-12-5-3-10-23(25)24-11-4-6-13-26(24)31)37-22-9-7-8-20(18-22)30-28(33)19-14-16-21(17-15-19)32(35)36/h3-18,27H,2H2,1H3,(H,30,33). The molecule has 0 aliphatic carbocycles. The lowest BCUT2D eigenvalue weighted by atomic mass is 10.2. The summed E-state index contributed by atoms with van der Waals surface area (Å²) >= 11 is 1.46. The molecule has 1 N–H and O–H groups in total. The Morgan fingerprint density at radius 3 is 2.11 bits per heavy atom. The van der Waals surface area contributed by atoms with Crippen LogP contribution in [0.5, 0.6) is 0 Å². The third kappa shape index (κ3) is 4.83. The van der Waals surface area contributed by atoms with E-state index in [-0.39, 0.29) is 22.8 Å². The van der Waals surface area contributed by atoms with Gasteiger partial charge in [0.05, 0.1) is 21.2 Å². The van der Waals surface area contributed by atoms with Crippen LogP contribution in [0.2, 0.25) is 0 Å². The fourth-order valence-electron chi connectivity index (χ4n) is 4.36. The smallest absolute Gasteiger partial charge is 0.269 e. The van der Waals surface area contributed by atoms with Gasteiger partial charge in [-0.15, -0.1) is 11.8 Å². The molecule has 7 nitrogen and oxygen atoms in total. The number of amides is 1. The molecule has 5 aromatic rings. The predicted octanol–water partition coefficient (Wildman–Crippen LogP) is 7.17. The molecule has 0 saturated heterocycles. The van der Waals surface area contributed by atoms with Crippen LogP contribution in [0.25, 0.3) is 21.8 Å². The van der Waals surface area contributed by atoms with Crippen molar-refractivity contribution in [3.63, 3.8) is 0 Å². The quantitative estimate of drug-likeness (QED) is 0.143. The number of nitro groups is 1. The summed E-state index contributed by atoms with van der Waals surface area (Å²) in [4.78, 5) is 37.7. The van der Waals surface area contributed by atoms with Crippen LogP contribution >= 0.6 is 11.8 Å². The molecule has 0 saturated carbocycles. The lowest BCUT2D eigenvalue weighted by molar-refractivity contribution is -0.384. The molecule has 0 aliphatic heterocycles. The number of hydrogen-bond donors (Lipinski definition) is 1. The number of nitrogens with zero attached hydrogens (tertiary/aromatic N) is 2. The van der Waals surface area contributed by atoms with Crippen molar-refractivity contribution in [2.45, 2.75) is 23.5 Å². The van der Waals surface area contributed by atoms with Crippen LogP contribution in [0.4, 0.5) is 11.4 Å². The molecular weight excluding hydrogens is 486 g/mol. The fourth-order valence-corrected chi connectivity index (χ4v) is 5.42. The van der Waals surface area contributed by atoms with Crippen LogP contribution in [0, 0.1) is 10.1 Å². The van der Waals surface area contributed by atoms with E-state index >= 15 is 0 Å². The van der Waals surface area contributed by atoms with Gasteiger partial charge in [-0.25, -0.2) is 0 Å². The van der Waals surface area contributed by atoms with Gasteiger partial charge >= 0.3 is 0 Å². The van der Waals surface area contributed by atoms with Crippen LogP contribution in [-0.2, 0) is 0 Å². The van der Waals surface area contributed by atoms with Crippen molar-refractivity contribution < 1.29 is 14.5 Å². The van der Waals surface area contributed by atoms with Gasteiger partial charge in [0.2, 0.25) is 5.91 Å². The Balaban J connectivity index is 1.38. The molecule has 0 spiro atoms. The van der Waals surface area contributed by atoms with Crippen molar-refractivity contribution in [2.24, 2.45) is 0 Å². The van der Waals surface area contributed by atoms with E-state index in [0.29, 0.717) is 17.7 Å². The molecule has 1 heterocycles. The SMILES string of the molecule is CCC(Sc1cccc(NC(=O)c2ccc([N+](=O)[O-])cc2)c1)C(=O)n1c2ccccc2c2ccccc21. The Labute approximate surface area is 217 Å². The highest BCUT2D eigenvalue weighted by Crippen LogP contribution is 2.33. The maximum Gasteiger partial charge on any atom is 0.269 e. The fraction of sp³-hybridized carbons (Fsp3) is 0.103. The van der Waals surface area contributed by atoms with E-state index < -0.39 is 4.92 Å². The highest BCUT2D eigenvalue weighted by Gasteiger charge is 2.24. The van der Waals surface area contributed by atoms with Crippen LogP contribution in [0.1, 0.15) is 28.5 Å². The Hall–Kier alpha value is -4.43. The van der Waals surface area contributed by atoms with Crippen molar-refractivity contribution in [3.05, 3.63) is 113 Å². The highest BCUT2D eigenvalue weighted by molar-refractivity contribution is 8.00. The lowest BCUT2D eigenvalue weighted by Crippen LogP contribution is -2.23. The summed E-state index contributed by atoms with van der Waals surface area (Å²) in [5.74, 6) is -0.365. The second kappa shape index (κ2) is 10.3. The molecular formula is C29H23N3O4S. The number of aromatic nitrogens is 1. The van der Waals surface area contributed by atoms with Gasteiger partial charge in [0, 0.05) is 39.1 Å². The zero-order valence-electron chi connectivity index (χ0n) is 20.0. The molecule has 37 heavy (non-hydrogen) atoms. The van der Waals surface area contributed by atoms with E-state index in [0.717, 1.165) is 26.7 Å². The minimum absolute atomic E-state index is 0.00483. The number of para-hydroxylation sites is 2. The van der Waals surface area contributed by atoms with Gasteiger partial charge < -0.3 is 5.32 Å². The molecule has 4 aromatic carbocycles. The van der Waals surface area contributed by atoms with Gasteiger partial charge in [-0.05, 0) is 48.9 Å². The number of thioether (sulfide) groups is 1. The normalized spacial score (nSPS) is 11.9. The minimum Gasteiger partial charge on any atom is -0.322 e. The molecule has 0 fully saturated rings. The maximum atomic E-state index is 13.8. The van der Waals surface area contributed by atoms with Crippen molar-refractivity contribution in [1.29, 1.82) is 0 Å². The zero-order valence-corrected chi connectivity index (χ0v) is 20.8. The number of fused-ring (bicyclic) bond motifs is 3. The number of carbonyl (C=O) groups excluding carboxylic acids is 2. The van der Waals surface area contributed by atoms with Crippen molar-refractivity contribution >= 4 is 56.8 Å². The third-order valence-electron chi connectivity index (χ3n) is 6.16.